The topological polar surface area (TPSA) is 58.2 Å². The number of amides is 2. The molecule has 0 fully saturated rings. The highest BCUT2D eigenvalue weighted by Crippen LogP contribution is 2.25. The van der Waals surface area contributed by atoms with Gasteiger partial charge in [-0.2, -0.15) is 0 Å². The largest absolute Gasteiger partial charge is 0.350 e. The summed E-state index contributed by atoms with van der Waals surface area (Å²) in [4.78, 5) is 24.3. The van der Waals surface area contributed by atoms with Gasteiger partial charge < -0.3 is 10.6 Å². The van der Waals surface area contributed by atoms with E-state index in [1.54, 1.807) is 36.4 Å². The second-order valence-electron chi connectivity index (χ2n) is 5.29. The highest BCUT2D eigenvalue weighted by molar-refractivity contribution is 6.35. The van der Waals surface area contributed by atoms with Crippen molar-refractivity contribution in [3.05, 3.63) is 63.6 Å². The Kier molecular flexibility index (Phi) is 5.64. The Balaban J connectivity index is 2.20. The molecule has 0 atom stereocenters. The number of hydrogen-bond acceptors (Lipinski definition) is 2. The maximum atomic E-state index is 12.3. The Labute approximate surface area is 144 Å². The highest BCUT2D eigenvalue weighted by atomic mass is 35.5. The molecule has 0 heterocycles. The van der Waals surface area contributed by atoms with Gasteiger partial charge in [0.25, 0.3) is 11.8 Å². The third-order valence-corrected chi connectivity index (χ3v) is 3.55. The van der Waals surface area contributed by atoms with Crippen molar-refractivity contribution in [3.8, 4) is 0 Å². The first-order valence-corrected chi connectivity index (χ1v) is 7.79. The minimum Gasteiger partial charge on any atom is -0.350 e. The first kappa shape index (κ1) is 17.3. The van der Waals surface area contributed by atoms with Gasteiger partial charge in [0.15, 0.2) is 0 Å². The van der Waals surface area contributed by atoms with E-state index in [2.05, 4.69) is 10.6 Å². The average Bonchev–Trinajstić information content (AvgIpc) is 2.50. The monoisotopic (exact) mass is 350 g/mol. The van der Waals surface area contributed by atoms with Gasteiger partial charge in [-0.25, -0.2) is 0 Å². The third-order valence-electron chi connectivity index (χ3n) is 2.98. The fourth-order valence-corrected chi connectivity index (χ4v) is 2.27. The molecule has 2 aromatic rings. The summed E-state index contributed by atoms with van der Waals surface area (Å²) >= 11 is 11.9. The molecule has 120 valence electrons. The molecule has 0 saturated carbocycles. The van der Waals surface area contributed by atoms with Crippen molar-refractivity contribution in [1.82, 2.24) is 5.32 Å². The van der Waals surface area contributed by atoms with E-state index in [0.29, 0.717) is 26.9 Å². The van der Waals surface area contributed by atoms with Gasteiger partial charge in [0.2, 0.25) is 0 Å². The van der Waals surface area contributed by atoms with Crippen molar-refractivity contribution in [3.63, 3.8) is 0 Å². The molecule has 2 rings (SSSR count). The van der Waals surface area contributed by atoms with Crippen LogP contribution >= 0.6 is 23.2 Å². The second-order valence-corrected chi connectivity index (χ2v) is 6.13. The molecule has 2 N–H and O–H groups in total. The molecule has 2 aromatic carbocycles. The average molecular weight is 351 g/mol. The molecule has 6 heteroatoms. The molecule has 0 radical (unpaired) electrons. The summed E-state index contributed by atoms with van der Waals surface area (Å²) in [5, 5.41) is 6.32. The second kappa shape index (κ2) is 7.49. The number of carbonyl (C=O) groups excluding carboxylic acids is 2. The van der Waals surface area contributed by atoms with Gasteiger partial charge in [-0.05, 0) is 50.2 Å². The quantitative estimate of drug-likeness (QED) is 0.859. The van der Waals surface area contributed by atoms with Crippen LogP contribution in [0.15, 0.2) is 42.5 Å². The van der Waals surface area contributed by atoms with E-state index in [9.17, 15) is 9.59 Å². The van der Waals surface area contributed by atoms with Gasteiger partial charge in [0, 0.05) is 22.2 Å². The standard InChI is InChI=1S/C17H16Cl2N2O2/c1-10(2)20-16(22)11-4-3-5-12(8-11)17(23)21-15-9-13(18)6-7-14(15)19/h3-10H,1-2H3,(H,20,22)(H,21,23). The number of benzene rings is 2. The fourth-order valence-electron chi connectivity index (χ4n) is 1.93. The Bertz CT molecular complexity index is 745. The summed E-state index contributed by atoms with van der Waals surface area (Å²) in [5.41, 5.74) is 1.20. The molecule has 0 aromatic heterocycles. The lowest BCUT2D eigenvalue weighted by atomic mass is 10.1. The van der Waals surface area contributed by atoms with Gasteiger partial charge in [0.05, 0.1) is 10.7 Å². The number of halogens is 2. The molecule has 0 spiro atoms. The Hall–Kier alpha value is -2.04. The lowest BCUT2D eigenvalue weighted by molar-refractivity contribution is 0.0943. The van der Waals surface area contributed by atoms with Crippen molar-refractivity contribution in [1.29, 1.82) is 0 Å². The first-order chi connectivity index (χ1) is 10.9. The van der Waals surface area contributed by atoms with Crippen LogP contribution in [0.2, 0.25) is 10.0 Å². The predicted octanol–water partition coefficient (Wildman–Crippen LogP) is 4.38. The minimum atomic E-state index is -0.367. The molecule has 0 unspecified atom stereocenters. The van der Waals surface area contributed by atoms with Crippen molar-refractivity contribution in [2.75, 3.05) is 5.32 Å². The molecular formula is C17H16Cl2N2O2. The highest BCUT2D eigenvalue weighted by Gasteiger charge is 2.12. The van der Waals surface area contributed by atoms with Gasteiger partial charge in [-0.15, -0.1) is 0 Å². The van der Waals surface area contributed by atoms with Crippen LogP contribution in [-0.4, -0.2) is 17.9 Å². The Morgan fingerprint density at radius 2 is 1.61 bits per heavy atom. The fraction of sp³-hybridized carbons (Fsp3) is 0.176. The van der Waals surface area contributed by atoms with Crippen LogP contribution in [0.4, 0.5) is 5.69 Å². The van der Waals surface area contributed by atoms with E-state index >= 15 is 0 Å². The summed E-state index contributed by atoms with van der Waals surface area (Å²) < 4.78 is 0. The molecule has 23 heavy (non-hydrogen) atoms. The Morgan fingerprint density at radius 3 is 2.26 bits per heavy atom. The Morgan fingerprint density at radius 1 is 0.957 bits per heavy atom. The number of rotatable bonds is 4. The summed E-state index contributed by atoms with van der Waals surface area (Å²) in [6.45, 7) is 3.74. The molecule has 0 bridgehead atoms. The van der Waals surface area contributed by atoms with Crippen molar-refractivity contribution in [2.45, 2.75) is 19.9 Å². The van der Waals surface area contributed by atoms with Crippen LogP contribution in [-0.2, 0) is 0 Å². The summed E-state index contributed by atoms with van der Waals surface area (Å²) in [7, 11) is 0. The van der Waals surface area contributed by atoms with Gasteiger partial charge in [0.1, 0.15) is 0 Å². The molecule has 0 aliphatic rings. The minimum absolute atomic E-state index is 0.0187. The molecule has 0 aliphatic heterocycles. The molecule has 0 saturated heterocycles. The van der Waals surface area contributed by atoms with Crippen LogP contribution in [0.25, 0.3) is 0 Å². The molecule has 0 aliphatic carbocycles. The maximum absolute atomic E-state index is 12.3. The van der Waals surface area contributed by atoms with E-state index in [1.807, 2.05) is 13.8 Å². The third kappa shape index (κ3) is 4.71. The molecule has 2 amide bonds. The summed E-state index contributed by atoms with van der Waals surface area (Å²) in [5.74, 6) is -0.594. The van der Waals surface area contributed by atoms with Crippen LogP contribution in [0.3, 0.4) is 0 Å². The van der Waals surface area contributed by atoms with E-state index in [0.717, 1.165) is 0 Å². The maximum Gasteiger partial charge on any atom is 0.255 e. The van der Waals surface area contributed by atoms with Crippen LogP contribution < -0.4 is 10.6 Å². The smallest absolute Gasteiger partial charge is 0.255 e. The zero-order chi connectivity index (χ0) is 17.0. The number of carbonyl (C=O) groups is 2. The first-order valence-electron chi connectivity index (χ1n) is 7.04. The lowest BCUT2D eigenvalue weighted by Gasteiger charge is -2.10. The van der Waals surface area contributed by atoms with E-state index in [4.69, 9.17) is 23.2 Å². The molecular weight excluding hydrogens is 335 g/mol. The SMILES string of the molecule is CC(C)NC(=O)c1cccc(C(=O)Nc2cc(Cl)ccc2Cl)c1. The van der Waals surface area contributed by atoms with Gasteiger partial charge >= 0.3 is 0 Å². The van der Waals surface area contributed by atoms with Crippen molar-refractivity contribution < 1.29 is 9.59 Å². The predicted molar refractivity (Wildman–Crippen MR) is 93.5 cm³/mol. The van der Waals surface area contributed by atoms with Crippen molar-refractivity contribution in [2.24, 2.45) is 0 Å². The van der Waals surface area contributed by atoms with Crippen LogP contribution in [0.5, 0.6) is 0 Å². The van der Waals surface area contributed by atoms with Gasteiger partial charge in [-0.1, -0.05) is 29.3 Å². The van der Waals surface area contributed by atoms with E-state index in [1.165, 1.54) is 6.07 Å². The zero-order valence-corrected chi connectivity index (χ0v) is 14.2. The van der Waals surface area contributed by atoms with Gasteiger partial charge in [-0.3, -0.25) is 9.59 Å². The normalized spacial score (nSPS) is 10.5. The van der Waals surface area contributed by atoms with E-state index in [-0.39, 0.29) is 17.9 Å². The number of anilines is 1. The van der Waals surface area contributed by atoms with Crippen LogP contribution in [0, 0.1) is 0 Å². The lowest BCUT2D eigenvalue weighted by Crippen LogP contribution is -2.30. The van der Waals surface area contributed by atoms with Crippen LogP contribution in [0.1, 0.15) is 34.6 Å². The summed E-state index contributed by atoms with van der Waals surface area (Å²) in [6, 6.07) is 11.3. The molecule has 4 nitrogen and oxygen atoms in total. The number of nitrogens with one attached hydrogen (secondary N) is 2. The van der Waals surface area contributed by atoms with Crippen molar-refractivity contribution >= 4 is 40.7 Å². The summed E-state index contributed by atoms with van der Waals surface area (Å²) in [6.07, 6.45) is 0. The van der Waals surface area contributed by atoms with E-state index < -0.39 is 0 Å². The number of hydrogen-bond donors (Lipinski definition) is 2. The zero-order valence-electron chi connectivity index (χ0n) is 12.7.